The molecular formula is C23H25ClFN3O3. The summed E-state index contributed by atoms with van der Waals surface area (Å²) in [5.74, 6) is -1.10. The molecule has 0 aliphatic rings. The molecule has 31 heavy (non-hydrogen) atoms. The molecule has 0 aliphatic carbocycles. The van der Waals surface area contributed by atoms with Crippen LogP contribution in [0.25, 0.3) is 0 Å². The van der Waals surface area contributed by atoms with Gasteiger partial charge in [-0.05, 0) is 35.7 Å². The molecule has 1 unspecified atom stereocenters. The first-order valence-electron chi connectivity index (χ1n) is 10.00. The fraction of sp³-hybridized carbons (Fsp3) is 0.304. The van der Waals surface area contributed by atoms with Crippen LogP contribution in [0.1, 0.15) is 36.6 Å². The lowest BCUT2D eigenvalue weighted by Gasteiger charge is -2.16. The summed E-state index contributed by atoms with van der Waals surface area (Å²) in [5.41, 5.74) is 2.78. The highest BCUT2D eigenvalue weighted by Gasteiger charge is 2.22. The van der Waals surface area contributed by atoms with Crippen LogP contribution in [0.15, 0.2) is 54.6 Å². The molecule has 0 amide bonds. The minimum atomic E-state index is -1.13. The molecule has 0 spiro atoms. The van der Waals surface area contributed by atoms with Crippen molar-refractivity contribution < 1.29 is 19.0 Å². The fourth-order valence-electron chi connectivity index (χ4n) is 3.17. The number of ether oxygens (including phenoxy) is 1. The topological polar surface area (TPSA) is 76.4 Å². The molecule has 0 saturated carbocycles. The molecule has 1 heterocycles. The van der Waals surface area contributed by atoms with E-state index in [0.29, 0.717) is 18.2 Å². The zero-order chi connectivity index (χ0) is 22.4. The van der Waals surface area contributed by atoms with Crippen molar-refractivity contribution in [3.63, 3.8) is 0 Å². The number of hydrogen-bond donors (Lipinski definition) is 2. The molecule has 0 aliphatic heterocycles. The van der Waals surface area contributed by atoms with E-state index in [1.165, 1.54) is 24.3 Å². The van der Waals surface area contributed by atoms with Crippen LogP contribution in [0.4, 0.5) is 4.39 Å². The number of carbonyl (C=O) groups is 1. The van der Waals surface area contributed by atoms with E-state index in [2.05, 4.69) is 10.4 Å². The molecule has 0 bridgehead atoms. The quantitative estimate of drug-likeness (QED) is 0.481. The van der Waals surface area contributed by atoms with Crippen LogP contribution >= 0.6 is 11.6 Å². The van der Waals surface area contributed by atoms with E-state index >= 15 is 0 Å². The van der Waals surface area contributed by atoms with Gasteiger partial charge in [0.2, 0.25) is 6.10 Å². The summed E-state index contributed by atoms with van der Waals surface area (Å²) in [6.45, 7) is 5.01. The molecule has 0 fully saturated rings. The third-order valence-corrected chi connectivity index (χ3v) is 5.16. The van der Waals surface area contributed by atoms with Crippen molar-refractivity contribution in [3.05, 3.63) is 82.4 Å². The van der Waals surface area contributed by atoms with Crippen LogP contribution in [-0.2, 0) is 17.9 Å². The van der Waals surface area contributed by atoms with E-state index in [0.717, 1.165) is 16.8 Å². The minimum Gasteiger partial charge on any atom is -0.478 e. The van der Waals surface area contributed by atoms with Crippen molar-refractivity contribution in [1.82, 2.24) is 15.1 Å². The monoisotopic (exact) mass is 445 g/mol. The van der Waals surface area contributed by atoms with E-state index in [-0.39, 0.29) is 18.2 Å². The molecule has 2 N–H and O–H groups in total. The predicted octanol–water partition coefficient (Wildman–Crippen LogP) is 4.47. The molecule has 2 aromatic carbocycles. The summed E-state index contributed by atoms with van der Waals surface area (Å²) in [7, 11) is 0. The lowest BCUT2D eigenvalue weighted by Crippen LogP contribution is -2.37. The van der Waals surface area contributed by atoms with Gasteiger partial charge >= 0.3 is 5.97 Å². The predicted molar refractivity (Wildman–Crippen MR) is 117 cm³/mol. The second-order valence-electron chi connectivity index (χ2n) is 7.48. The number of benzene rings is 2. The summed E-state index contributed by atoms with van der Waals surface area (Å²) in [6.07, 6.45) is -1.13. The summed E-state index contributed by atoms with van der Waals surface area (Å²) < 4.78 is 20.3. The Balaban J connectivity index is 1.69. The van der Waals surface area contributed by atoms with Crippen molar-refractivity contribution in [2.24, 2.45) is 0 Å². The van der Waals surface area contributed by atoms with Crippen LogP contribution in [0.2, 0.25) is 5.15 Å². The number of carboxylic acid groups (broad SMARTS) is 1. The van der Waals surface area contributed by atoms with Crippen molar-refractivity contribution in [3.8, 4) is 5.75 Å². The van der Waals surface area contributed by atoms with Crippen LogP contribution < -0.4 is 10.1 Å². The van der Waals surface area contributed by atoms with Crippen molar-refractivity contribution in [2.45, 2.75) is 39.0 Å². The van der Waals surface area contributed by atoms with Crippen LogP contribution in [-0.4, -0.2) is 33.5 Å². The van der Waals surface area contributed by atoms with Gasteiger partial charge in [0, 0.05) is 18.7 Å². The van der Waals surface area contributed by atoms with E-state index in [9.17, 15) is 14.3 Å². The van der Waals surface area contributed by atoms with Crippen LogP contribution in [0.5, 0.6) is 5.75 Å². The van der Waals surface area contributed by atoms with Crippen molar-refractivity contribution in [2.75, 3.05) is 6.54 Å². The molecular weight excluding hydrogens is 421 g/mol. The van der Waals surface area contributed by atoms with Crippen LogP contribution in [0.3, 0.4) is 0 Å². The van der Waals surface area contributed by atoms with E-state index in [1.54, 1.807) is 4.68 Å². The van der Waals surface area contributed by atoms with E-state index in [1.807, 2.05) is 44.2 Å². The number of nitrogens with one attached hydrogen (secondary N) is 1. The minimum absolute atomic E-state index is 0.0461. The number of nitrogens with zero attached hydrogens (tertiary/aromatic N) is 2. The number of aromatic nitrogens is 2. The number of halogens is 2. The lowest BCUT2D eigenvalue weighted by atomic mass is 10.1. The normalized spacial score (nSPS) is 12.2. The molecule has 3 aromatic rings. The van der Waals surface area contributed by atoms with E-state index in [4.69, 9.17) is 16.3 Å². The molecule has 3 rings (SSSR count). The number of carboxylic acids is 1. The number of aliphatic carboxylic acids is 1. The Labute approximate surface area is 185 Å². The van der Waals surface area contributed by atoms with Crippen molar-refractivity contribution >= 4 is 17.6 Å². The molecule has 1 aromatic heterocycles. The van der Waals surface area contributed by atoms with E-state index < -0.39 is 17.9 Å². The molecule has 0 radical (unpaired) electrons. The first-order chi connectivity index (χ1) is 14.8. The molecule has 6 nitrogen and oxygen atoms in total. The maximum atomic E-state index is 13.0. The standard InChI is InChI=1S/C23H25ClFN3O3/c1-15(2)21-19(22(24)28(27-21)14-16-6-4-3-5-7-16)12-26-13-20(23(29)30)31-18-10-8-17(25)9-11-18/h3-11,15,20,26H,12-14H2,1-2H3,(H,29,30). The highest BCUT2D eigenvalue weighted by Crippen LogP contribution is 2.26. The maximum absolute atomic E-state index is 13.0. The average molecular weight is 446 g/mol. The molecule has 8 heteroatoms. The Bertz CT molecular complexity index is 1010. The Morgan fingerprint density at radius 3 is 2.48 bits per heavy atom. The second kappa shape index (κ2) is 10.4. The largest absolute Gasteiger partial charge is 0.478 e. The lowest BCUT2D eigenvalue weighted by molar-refractivity contribution is -0.144. The van der Waals surface area contributed by atoms with Gasteiger partial charge in [0.05, 0.1) is 12.2 Å². The third-order valence-electron chi connectivity index (χ3n) is 4.73. The first-order valence-corrected chi connectivity index (χ1v) is 10.4. The average Bonchev–Trinajstić information content (AvgIpc) is 3.05. The number of rotatable bonds is 10. The summed E-state index contributed by atoms with van der Waals surface area (Å²) in [4.78, 5) is 11.6. The summed E-state index contributed by atoms with van der Waals surface area (Å²) in [6, 6.07) is 15.1. The fourth-order valence-corrected chi connectivity index (χ4v) is 3.43. The summed E-state index contributed by atoms with van der Waals surface area (Å²) in [5, 5.41) is 17.8. The zero-order valence-electron chi connectivity index (χ0n) is 17.4. The Morgan fingerprint density at radius 1 is 1.19 bits per heavy atom. The highest BCUT2D eigenvalue weighted by molar-refractivity contribution is 6.30. The first kappa shape index (κ1) is 22.8. The second-order valence-corrected chi connectivity index (χ2v) is 7.84. The Morgan fingerprint density at radius 2 is 1.87 bits per heavy atom. The molecule has 164 valence electrons. The zero-order valence-corrected chi connectivity index (χ0v) is 18.1. The third kappa shape index (κ3) is 6.06. The van der Waals surface area contributed by atoms with Gasteiger partial charge in [-0.2, -0.15) is 5.10 Å². The van der Waals surface area contributed by atoms with Gasteiger partial charge in [-0.25, -0.2) is 13.9 Å². The van der Waals surface area contributed by atoms with Crippen LogP contribution in [0, 0.1) is 5.82 Å². The SMILES string of the molecule is CC(C)c1nn(Cc2ccccc2)c(Cl)c1CNCC(Oc1ccc(F)cc1)C(=O)O. The van der Waals surface area contributed by atoms with Gasteiger partial charge in [0.15, 0.2) is 0 Å². The van der Waals surface area contributed by atoms with Gasteiger partial charge < -0.3 is 15.2 Å². The van der Waals surface area contributed by atoms with Gasteiger partial charge in [-0.3, -0.25) is 0 Å². The van der Waals surface area contributed by atoms with Gasteiger partial charge in [0.25, 0.3) is 0 Å². The Kier molecular flexibility index (Phi) is 7.65. The van der Waals surface area contributed by atoms with Crippen molar-refractivity contribution in [1.29, 1.82) is 0 Å². The molecule has 1 atom stereocenters. The van der Waals surface area contributed by atoms with Gasteiger partial charge in [-0.15, -0.1) is 0 Å². The molecule has 0 saturated heterocycles. The smallest absolute Gasteiger partial charge is 0.346 e. The Hall–Kier alpha value is -2.90. The number of hydrogen-bond acceptors (Lipinski definition) is 4. The van der Waals surface area contributed by atoms with Gasteiger partial charge in [-0.1, -0.05) is 55.8 Å². The highest BCUT2D eigenvalue weighted by atomic mass is 35.5. The van der Waals surface area contributed by atoms with Gasteiger partial charge in [0.1, 0.15) is 16.7 Å². The summed E-state index contributed by atoms with van der Waals surface area (Å²) >= 11 is 6.62. The maximum Gasteiger partial charge on any atom is 0.346 e.